The van der Waals surface area contributed by atoms with Crippen molar-refractivity contribution in [2.45, 2.75) is 26.9 Å². The number of hydrogen-bond donors (Lipinski definition) is 2. The monoisotopic (exact) mass is 312 g/mol. The molecule has 1 aromatic carbocycles. The first-order chi connectivity index (χ1) is 11.1. The zero-order chi connectivity index (χ0) is 16.8. The van der Waals surface area contributed by atoms with Crippen LogP contribution in [0.2, 0.25) is 0 Å². The number of primary amides is 1. The number of benzene rings is 1. The number of pyridine rings is 1. The maximum Gasteiger partial charge on any atom is 0.322 e. The van der Waals surface area contributed by atoms with E-state index < -0.39 is 5.91 Å². The van der Waals surface area contributed by atoms with Crippen LogP contribution in [0.15, 0.2) is 42.7 Å². The molecule has 0 unspecified atom stereocenters. The van der Waals surface area contributed by atoms with E-state index in [9.17, 15) is 9.59 Å². The zero-order valence-electron chi connectivity index (χ0n) is 13.2. The largest absolute Gasteiger partial charge is 0.366 e. The van der Waals surface area contributed by atoms with Crippen molar-refractivity contribution in [1.29, 1.82) is 0 Å². The molecule has 0 bridgehead atoms. The third kappa shape index (κ3) is 3.85. The topological polar surface area (TPSA) is 88.3 Å². The van der Waals surface area contributed by atoms with Gasteiger partial charge in [0.25, 0.3) is 0 Å². The maximum absolute atomic E-state index is 12.2. The van der Waals surface area contributed by atoms with E-state index in [0.29, 0.717) is 24.3 Å². The molecule has 3 rings (SSSR count). The molecule has 120 valence electrons. The standard InChI is InChI=1S/C15H14N4O2.C2H6/c16-14(20)10-1-3-13(4-2-10)18-15(21)19-8-11-5-6-17-7-12(11)9-19;1-2/h1-7H,8-9H2,(H2,16,20)(H,18,21);1-2H3. The molecule has 0 aliphatic carbocycles. The Labute approximate surface area is 135 Å². The molecular formula is C17H20N4O2. The number of nitrogens with one attached hydrogen (secondary N) is 1. The zero-order valence-corrected chi connectivity index (χ0v) is 13.2. The van der Waals surface area contributed by atoms with Crippen LogP contribution in [0.25, 0.3) is 0 Å². The number of carbonyl (C=O) groups is 2. The summed E-state index contributed by atoms with van der Waals surface area (Å²) in [6, 6.07) is 8.22. The van der Waals surface area contributed by atoms with Crippen molar-refractivity contribution in [3.05, 3.63) is 59.4 Å². The molecule has 0 fully saturated rings. The first kappa shape index (κ1) is 16.5. The average Bonchev–Trinajstić information content (AvgIpc) is 3.01. The molecule has 0 spiro atoms. The number of aromatic nitrogens is 1. The fraction of sp³-hybridized carbons (Fsp3) is 0.235. The summed E-state index contributed by atoms with van der Waals surface area (Å²) >= 11 is 0. The van der Waals surface area contributed by atoms with Gasteiger partial charge in [-0.3, -0.25) is 9.78 Å². The van der Waals surface area contributed by atoms with Crippen molar-refractivity contribution in [3.8, 4) is 0 Å². The number of fused-ring (bicyclic) bond motifs is 1. The Morgan fingerprint density at radius 2 is 1.74 bits per heavy atom. The maximum atomic E-state index is 12.2. The predicted octanol–water partition coefficient (Wildman–Crippen LogP) is 2.75. The summed E-state index contributed by atoms with van der Waals surface area (Å²) < 4.78 is 0. The molecule has 1 aliphatic heterocycles. The molecule has 1 aromatic heterocycles. The Hall–Kier alpha value is -2.89. The molecule has 2 aromatic rings. The van der Waals surface area contributed by atoms with Gasteiger partial charge in [-0.25, -0.2) is 4.79 Å². The molecule has 0 saturated heterocycles. The number of rotatable bonds is 2. The second kappa shape index (κ2) is 7.40. The van der Waals surface area contributed by atoms with Crippen LogP contribution in [-0.2, 0) is 13.1 Å². The summed E-state index contributed by atoms with van der Waals surface area (Å²) in [5.74, 6) is -0.490. The lowest BCUT2D eigenvalue weighted by atomic mass is 10.2. The van der Waals surface area contributed by atoms with Crippen molar-refractivity contribution < 1.29 is 9.59 Å². The lowest BCUT2D eigenvalue weighted by molar-refractivity contribution is 0.100. The van der Waals surface area contributed by atoms with E-state index in [1.54, 1.807) is 41.6 Å². The summed E-state index contributed by atoms with van der Waals surface area (Å²) in [5, 5.41) is 2.80. The summed E-state index contributed by atoms with van der Waals surface area (Å²) in [4.78, 5) is 29.0. The number of nitrogens with zero attached hydrogens (tertiary/aromatic N) is 2. The highest BCUT2D eigenvalue weighted by Crippen LogP contribution is 2.22. The average molecular weight is 312 g/mol. The number of carbonyl (C=O) groups excluding carboxylic acids is 2. The molecule has 2 heterocycles. The first-order valence-corrected chi connectivity index (χ1v) is 7.51. The Bertz CT molecular complexity index is 673. The van der Waals surface area contributed by atoms with Gasteiger partial charge in [-0.15, -0.1) is 0 Å². The summed E-state index contributed by atoms with van der Waals surface area (Å²) in [6.07, 6.45) is 3.51. The second-order valence-corrected chi connectivity index (χ2v) is 4.87. The van der Waals surface area contributed by atoms with Crippen molar-refractivity contribution >= 4 is 17.6 Å². The molecule has 0 radical (unpaired) electrons. The van der Waals surface area contributed by atoms with Gasteiger partial charge in [0, 0.05) is 36.7 Å². The number of amides is 3. The van der Waals surface area contributed by atoms with E-state index in [0.717, 1.165) is 11.1 Å². The Morgan fingerprint density at radius 3 is 2.35 bits per heavy atom. The van der Waals surface area contributed by atoms with E-state index in [1.165, 1.54) is 0 Å². The molecule has 3 N–H and O–H groups in total. The third-order valence-corrected chi connectivity index (χ3v) is 3.43. The highest BCUT2D eigenvalue weighted by Gasteiger charge is 2.23. The highest BCUT2D eigenvalue weighted by atomic mass is 16.2. The number of hydrogen-bond acceptors (Lipinski definition) is 3. The lowest BCUT2D eigenvalue weighted by Crippen LogP contribution is -2.30. The van der Waals surface area contributed by atoms with Crippen molar-refractivity contribution in [1.82, 2.24) is 9.88 Å². The van der Waals surface area contributed by atoms with Gasteiger partial charge in [-0.05, 0) is 41.5 Å². The third-order valence-electron chi connectivity index (χ3n) is 3.43. The Morgan fingerprint density at radius 1 is 1.09 bits per heavy atom. The van der Waals surface area contributed by atoms with Gasteiger partial charge < -0.3 is 16.0 Å². The van der Waals surface area contributed by atoms with Crippen LogP contribution in [0, 0.1) is 0 Å². The van der Waals surface area contributed by atoms with Gasteiger partial charge in [0.1, 0.15) is 0 Å². The Balaban J connectivity index is 0.000000924. The SMILES string of the molecule is CC.NC(=O)c1ccc(NC(=O)N2Cc3ccncc3C2)cc1. The normalized spacial score (nSPS) is 12.0. The van der Waals surface area contributed by atoms with E-state index in [-0.39, 0.29) is 6.03 Å². The van der Waals surface area contributed by atoms with Gasteiger partial charge >= 0.3 is 6.03 Å². The molecule has 23 heavy (non-hydrogen) atoms. The molecule has 0 atom stereocenters. The summed E-state index contributed by atoms with van der Waals surface area (Å²) in [5.41, 5.74) is 8.39. The summed E-state index contributed by atoms with van der Waals surface area (Å²) in [7, 11) is 0. The van der Waals surface area contributed by atoms with Crippen LogP contribution in [0.4, 0.5) is 10.5 Å². The van der Waals surface area contributed by atoms with Gasteiger partial charge in [-0.2, -0.15) is 0 Å². The van der Waals surface area contributed by atoms with E-state index in [2.05, 4.69) is 10.3 Å². The predicted molar refractivity (Wildman–Crippen MR) is 88.8 cm³/mol. The van der Waals surface area contributed by atoms with Crippen LogP contribution in [0.1, 0.15) is 35.3 Å². The molecule has 6 nitrogen and oxygen atoms in total. The van der Waals surface area contributed by atoms with Crippen LogP contribution < -0.4 is 11.1 Å². The molecule has 0 saturated carbocycles. The first-order valence-electron chi connectivity index (χ1n) is 7.51. The molecule has 3 amide bonds. The Kier molecular flexibility index (Phi) is 5.30. The fourth-order valence-corrected chi connectivity index (χ4v) is 2.28. The molecule has 1 aliphatic rings. The van der Waals surface area contributed by atoms with Crippen molar-refractivity contribution in [2.75, 3.05) is 5.32 Å². The minimum absolute atomic E-state index is 0.182. The minimum atomic E-state index is -0.490. The summed E-state index contributed by atoms with van der Waals surface area (Å²) in [6.45, 7) is 5.12. The van der Waals surface area contributed by atoms with E-state index in [1.807, 2.05) is 19.9 Å². The van der Waals surface area contributed by atoms with E-state index in [4.69, 9.17) is 5.73 Å². The van der Waals surface area contributed by atoms with E-state index >= 15 is 0 Å². The quantitative estimate of drug-likeness (QED) is 0.893. The van der Waals surface area contributed by atoms with Gasteiger partial charge in [0.05, 0.1) is 0 Å². The van der Waals surface area contributed by atoms with Crippen LogP contribution in [0.3, 0.4) is 0 Å². The number of urea groups is 1. The molecular weight excluding hydrogens is 292 g/mol. The van der Waals surface area contributed by atoms with Crippen molar-refractivity contribution in [3.63, 3.8) is 0 Å². The number of anilines is 1. The minimum Gasteiger partial charge on any atom is -0.366 e. The lowest BCUT2D eigenvalue weighted by Gasteiger charge is -2.16. The smallest absolute Gasteiger partial charge is 0.322 e. The van der Waals surface area contributed by atoms with Crippen molar-refractivity contribution in [2.24, 2.45) is 5.73 Å². The highest BCUT2D eigenvalue weighted by molar-refractivity contribution is 5.94. The van der Waals surface area contributed by atoms with Gasteiger partial charge in [0.2, 0.25) is 5.91 Å². The second-order valence-electron chi connectivity index (χ2n) is 4.87. The van der Waals surface area contributed by atoms with Crippen LogP contribution >= 0.6 is 0 Å². The fourth-order valence-electron chi connectivity index (χ4n) is 2.28. The van der Waals surface area contributed by atoms with Crippen LogP contribution in [0.5, 0.6) is 0 Å². The van der Waals surface area contributed by atoms with Gasteiger partial charge in [0.15, 0.2) is 0 Å². The molecule has 6 heteroatoms. The number of nitrogens with two attached hydrogens (primary N) is 1. The van der Waals surface area contributed by atoms with Crippen LogP contribution in [-0.4, -0.2) is 21.8 Å². The van der Waals surface area contributed by atoms with Gasteiger partial charge in [-0.1, -0.05) is 13.8 Å².